The highest BCUT2D eigenvalue weighted by molar-refractivity contribution is 8.00. The number of benzene rings is 1. The maximum absolute atomic E-state index is 12.0. The third kappa shape index (κ3) is 2.71. The molecule has 6 rings (SSSR count). The molecule has 148 valence electrons. The van der Waals surface area contributed by atoms with Gasteiger partial charge in [0.2, 0.25) is 11.9 Å². The number of anilines is 2. The zero-order valence-electron chi connectivity index (χ0n) is 16.1. The maximum Gasteiger partial charge on any atom is 0.237 e. The molecule has 0 bridgehead atoms. The van der Waals surface area contributed by atoms with Crippen molar-refractivity contribution in [2.45, 2.75) is 4.90 Å². The highest BCUT2D eigenvalue weighted by Crippen LogP contribution is 2.39. The van der Waals surface area contributed by atoms with Crippen LogP contribution >= 0.6 is 11.8 Å². The average Bonchev–Trinajstić information content (AvgIpc) is 3.45. The van der Waals surface area contributed by atoms with Gasteiger partial charge in [-0.1, -0.05) is 6.07 Å². The quantitative estimate of drug-likeness (QED) is 0.669. The van der Waals surface area contributed by atoms with E-state index in [0.717, 1.165) is 65.1 Å². The lowest BCUT2D eigenvalue weighted by molar-refractivity contribution is -0.116. The van der Waals surface area contributed by atoms with Crippen LogP contribution in [0.5, 0.6) is 0 Å². The molecule has 0 saturated carbocycles. The molecule has 3 aliphatic rings. The van der Waals surface area contributed by atoms with Gasteiger partial charge in [-0.25, -0.2) is 9.97 Å². The van der Waals surface area contributed by atoms with E-state index in [9.17, 15) is 4.79 Å². The number of nitrogens with zero attached hydrogens (tertiary/aromatic N) is 5. The summed E-state index contributed by atoms with van der Waals surface area (Å²) < 4.78 is 0. The van der Waals surface area contributed by atoms with Crippen LogP contribution in [0.3, 0.4) is 0 Å². The van der Waals surface area contributed by atoms with E-state index in [2.05, 4.69) is 26.3 Å². The number of carbonyl (C=O) groups excluding carboxylic acids is 1. The van der Waals surface area contributed by atoms with E-state index in [-0.39, 0.29) is 5.91 Å². The van der Waals surface area contributed by atoms with Crippen LogP contribution < -0.4 is 15.1 Å². The summed E-state index contributed by atoms with van der Waals surface area (Å²) in [5.74, 6) is 2.71. The summed E-state index contributed by atoms with van der Waals surface area (Å²) in [5.41, 5.74) is 4.32. The van der Waals surface area contributed by atoms with Gasteiger partial charge >= 0.3 is 0 Å². The molecule has 2 fully saturated rings. The molecular weight excluding hydrogens is 386 g/mol. The van der Waals surface area contributed by atoms with Gasteiger partial charge in [-0.15, -0.1) is 11.8 Å². The van der Waals surface area contributed by atoms with E-state index < -0.39 is 0 Å². The van der Waals surface area contributed by atoms with Gasteiger partial charge in [0.25, 0.3) is 0 Å². The summed E-state index contributed by atoms with van der Waals surface area (Å²) in [5, 5.41) is 3.48. The number of hydrogen-bond acceptors (Lipinski definition) is 7. The minimum absolute atomic E-state index is 0.128. The molecule has 0 spiro atoms. The smallest absolute Gasteiger partial charge is 0.237 e. The van der Waals surface area contributed by atoms with Crippen molar-refractivity contribution in [1.82, 2.24) is 25.3 Å². The normalized spacial score (nSPS) is 23.7. The van der Waals surface area contributed by atoms with E-state index >= 15 is 0 Å². The zero-order chi connectivity index (χ0) is 19.5. The van der Waals surface area contributed by atoms with Gasteiger partial charge in [-0.3, -0.25) is 4.79 Å². The standard InChI is InChI=1S/C20H21N7OS/c1-26-14-3-2-11(4-15(14)29-9-16(26)28)17-18-19(23-10-22-18)25-20(24-17)27-7-12-5-21-6-13(12)8-27/h2-4,10,12-13,21H,5-9H2,1H3,(H,22,23,24,25). The molecule has 0 aliphatic carbocycles. The second-order valence-electron chi connectivity index (χ2n) is 7.98. The number of aromatic nitrogens is 4. The second kappa shape index (κ2) is 6.43. The van der Waals surface area contributed by atoms with Crippen molar-refractivity contribution in [2.75, 3.05) is 48.8 Å². The van der Waals surface area contributed by atoms with Crippen LogP contribution in [-0.4, -0.2) is 64.8 Å². The summed E-state index contributed by atoms with van der Waals surface area (Å²) in [6.45, 7) is 4.14. The molecule has 8 nitrogen and oxygen atoms in total. The van der Waals surface area contributed by atoms with Gasteiger partial charge in [-0.05, 0) is 24.0 Å². The molecule has 2 aromatic heterocycles. The molecular formula is C20H21N7OS. The minimum Gasteiger partial charge on any atom is -0.340 e. The number of aromatic amines is 1. The summed E-state index contributed by atoms with van der Waals surface area (Å²) in [4.78, 5) is 34.5. The molecule has 5 heterocycles. The Hall–Kier alpha value is -2.65. The minimum atomic E-state index is 0.128. The molecule has 2 unspecified atom stereocenters. The Morgan fingerprint density at radius 3 is 2.83 bits per heavy atom. The second-order valence-corrected chi connectivity index (χ2v) is 9.00. The van der Waals surface area contributed by atoms with Crippen LogP contribution in [0.15, 0.2) is 29.4 Å². The molecule has 2 N–H and O–H groups in total. The van der Waals surface area contributed by atoms with Gasteiger partial charge in [0, 0.05) is 43.7 Å². The molecule has 1 aromatic carbocycles. The van der Waals surface area contributed by atoms with Crippen molar-refractivity contribution in [3.8, 4) is 11.3 Å². The van der Waals surface area contributed by atoms with Crippen LogP contribution in [0.4, 0.5) is 11.6 Å². The Bertz CT molecular complexity index is 1120. The van der Waals surface area contributed by atoms with Crippen LogP contribution in [-0.2, 0) is 4.79 Å². The number of rotatable bonds is 2. The number of hydrogen-bond donors (Lipinski definition) is 2. The highest BCUT2D eigenvalue weighted by atomic mass is 32.2. The van der Waals surface area contributed by atoms with Gasteiger partial charge in [0.05, 0.1) is 17.8 Å². The average molecular weight is 408 g/mol. The predicted octanol–water partition coefficient (Wildman–Crippen LogP) is 1.74. The Kier molecular flexibility index (Phi) is 3.82. The number of thioether (sulfide) groups is 1. The first-order valence-electron chi connectivity index (χ1n) is 9.88. The number of carbonyl (C=O) groups is 1. The lowest BCUT2D eigenvalue weighted by atomic mass is 10.0. The molecule has 3 aliphatic heterocycles. The summed E-state index contributed by atoms with van der Waals surface area (Å²) >= 11 is 1.58. The molecule has 29 heavy (non-hydrogen) atoms. The van der Waals surface area contributed by atoms with Crippen molar-refractivity contribution in [2.24, 2.45) is 11.8 Å². The Balaban J connectivity index is 1.43. The van der Waals surface area contributed by atoms with E-state index in [4.69, 9.17) is 9.97 Å². The van der Waals surface area contributed by atoms with E-state index in [1.54, 1.807) is 23.0 Å². The van der Waals surface area contributed by atoms with Crippen LogP contribution in [0, 0.1) is 11.8 Å². The summed E-state index contributed by atoms with van der Waals surface area (Å²) in [7, 11) is 1.83. The Morgan fingerprint density at radius 1 is 1.17 bits per heavy atom. The third-order valence-corrected chi connectivity index (χ3v) is 7.29. The van der Waals surface area contributed by atoms with E-state index in [0.29, 0.717) is 17.6 Å². The number of fused-ring (bicyclic) bond motifs is 3. The highest BCUT2D eigenvalue weighted by Gasteiger charge is 2.37. The van der Waals surface area contributed by atoms with Crippen molar-refractivity contribution in [3.63, 3.8) is 0 Å². The van der Waals surface area contributed by atoms with Crippen molar-refractivity contribution in [1.29, 1.82) is 0 Å². The number of amides is 1. The molecule has 2 saturated heterocycles. The summed E-state index contributed by atoms with van der Waals surface area (Å²) in [6.07, 6.45) is 1.68. The first-order chi connectivity index (χ1) is 14.2. The predicted molar refractivity (Wildman–Crippen MR) is 113 cm³/mol. The lowest BCUT2D eigenvalue weighted by Crippen LogP contribution is -2.31. The monoisotopic (exact) mass is 407 g/mol. The topological polar surface area (TPSA) is 90.0 Å². The largest absolute Gasteiger partial charge is 0.340 e. The van der Waals surface area contributed by atoms with Crippen LogP contribution in [0.2, 0.25) is 0 Å². The first-order valence-corrected chi connectivity index (χ1v) is 10.9. The fourth-order valence-electron chi connectivity index (χ4n) is 4.61. The fourth-order valence-corrected chi connectivity index (χ4v) is 5.65. The maximum atomic E-state index is 12.0. The molecule has 2 atom stereocenters. The Morgan fingerprint density at radius 2 is 2.00 bits per heavy atom. The molecule has 3 aromatic rings. The number of H-pyrrole nitrogens is 1. The Labute approximate surface area is 172 Å². The molecule has 0 radical (unpaired) electrons. The van der Waals surface area contributed by atoms with E-state index in [1.807, 2.05) is 19.2 Å². The van der Waals surface area contributed by atoms with Crippen molar-refractivity contribution >= 4 is 40.5 Å². The van der Waals surface area contributed by atoms with E-state index in [1.165, 1.54) is 0 Å². The number of nitrogens with one attached hydrogen (secondary N) is 2. The van der Waals surface area contributed by atoms with Crippen LogP contribution in [0.25, 0.3) is 22.4 Å². The summed E-state index contributed by atoms with van der Waals surface area (Å²) in [6, 6.07) is 6.14. The van der Waals surface area contributed by atoms with Gasteiger partial charge in [0.1, 0.15) is 11.2 Å². The van der Waals surface area contributed by atoms with Crippen molar-refractivity contribution < 1.29 is 4.79 Å². The SMILES string of the molecule is CN1C(=O)CSc2cc(-c3nc(N4CC5CNCC5C4)nc4[nH]cnc34)ccc21. The molecule has 1 amide bonds. The van der Waals surface area contributed by atoms with Gasteiger partial charge < -0.3 is 20.1 Å². The number of imidazole rings is 1. The van der Waals surface area contributed by atoms with Gasteiger partial charge in [-0.2, -0.15) is 4.98 Å². The first kappa shape index (κ1) is 17.2. The van der Waals surface area contributed by atoms with Gasteiger partial charge in [0.15, 0.2) is 5.65 Å². The third-order valence-electron chi connectivity index (χ3n) is 6.26. The van der Waals surface area contributed by atoms with Crippen molar-refractivity contribution in [3.05, 3.63) is 24.5 Å². The molecule has 9 heteroatoms. The zero-order valence-corrected chi connectivity index (χ0v) is 16.9. The lowest BCUT2D eigenvalue weighted by Gasteiger charge is -2.25. The fraction of sp³-hybridized carbons (Fsp3) is 0.400. The van der Waals surface area contributed by atoms with Crippen LogP contribution in [0.1, 0.15) is 0 Å².